The van der Waals surface area contributed by atoms with Crippen LogP contribution >= 0.6 is 0 Å². The van der Waals surface area contributed by atoms with Gasteiger partial charge in [-0.2, -0.15) is 0 Å². The fraction of sp³-hybridized carbons (Fsp3) is 0.556. The van der Waals surface area contributed by atoms with Gasteiger partial charge in [0.05, 0.1) is 26.4 Å². The van der Waals surface area contributed by atoms with Crippen LogP contribution in [0.3, 0.4) is 0 Å². The van der Waals surface area contributed by atoms with E-state index in [1.165, 1.54) is 5.72 Å². The monoisotopic (exact) mass is 194 g/mol. The molecule has 1 aliphatic heterocycles. The Bertz CT molecular complexity index is 342. The van der Waals surface area contributed by atoms with Crippen LogP contribution in [-0.2, 0) is 23.6 Å². The molecule has 0 saturated carbocycles. The molecule has 2 heterocycles. The van der Waals surface area contributed by atoms with E-state index in [2.05, 4.69) is 9.13 Å². The first kappa shape index (κ1) is 9.31. The lowest BCUT2D eigenvalue weighted by atomic mass is 9.62. The number of imidazole rings is 1. The summed E-state index contributed by atoms with van der Waals surface area (Å²) in [4.78, 5) is 11.3. The van der Waals surface area contributed by atoms with E-state index in [1.54, 1.807) is 0 Å². The Hall–Kier alpha value is -1.26. The first-order valence-electron chi connectivity index (χ1n) is 5.16. The van der Waals surface area contributed by atoms with Crippen LogP contribution in [0.5, 0.6) is 0 Å². The summed E-state index contributed by atoms with van der Waals surface area (Å²) in [6, 6.07) is 0. The van der Waals surface area contributed by atoms with Crippen LogP contribution in [-0.4, -0.2) is 24.4 Å². The molecule has 5 heteroatoms. The minimum atomic E-state index is -0.414. The average molecular weight is 194 g/mol. The van der Waals surface area contributed by atoms with Crippen molar-refractivity contribution in [3.63, 3.8) is 0 Å². The van der Waals surface area contributed by atoms with Gasteiger partial charge in [-0.15, -0.1) is 0 Å². The van der Waals surface area contributed by atoms with Crippen molar-refractivity contribution in [3.05, 3.63) is 12.4 Å². The van der Waals surface area contributed by atoms with Gasteiger partial charge in [-0.3, -0.25) is 13.9 Å². The minimum Gasteiger partial charge on any atom is -0.468 e. The first-order chi connectivity index (χ1) is 6.68. The first-order valence-corrected chi connectivity index (χ1v) is 5.16. The molecule has 1 atom stereocenters. The van der Waals surface area contributed by atoms with Crippen molar-refractivity contribution in [1.29, 1.82) is 0 Å². The van der Waals surface area contributed by atoms with Gasteiger partial charge >= 0.3 is 0 Å². The third-order valence-electron chi connectivity index (χ3n) is 3.34. The lowest BCUT2D eigenvalue weighted by Gasteiger charge is -2.09. The predicted molar refractivity (Wildman–Crippen MR) is 54.1 cm³/mol. The van der Waals surface area contributed by atoms with Gasteiger partial charge in [0.25, 0.3) is 5.97 Å². The number of ether oxygens (including phenoxy) is 1. The smallest absolute Gasteiger partial charge is 0.273 e. The largest absolute Gasteiger partial charge is 0.468 e. The molecule has 0 spiro atoms. The number of esters is 1. The summed E-state index contributed by atoms with van der Waals surface area (Å²) in [5.41, 5.74) is 1.29. The lowest BCUT2D eigenvalue weighted by molar-refractivity contribution is -0.653. The number of aryl methyl sites for hydroxylation is 2. The maximum absolute atomic E-state index is 11.3. The minimum absolute atomic E-state index is 0.00574. The standard InChI is InChI=1S/C9H15BN2O2/c1-11-4-5-12(2)9(11)10-7-3-6-14-8(7)13/h4-5,7H,3,6,10H2,1-2H3/t7-/m0/s1. The third-order valence-corrected chi connectivity index (χ3v) is 3.34. The average Bonchev–Trinajstić information content (AvgIpc) is 2.67. The molecule has 1 saturated heterocycles. The summed E-state index contributed by atoms with van der Waals surface area (Å²) in [6.07, 6.45) is 4.96. The zero-order chi connectivity index (χ0) is 10.1. The SMILES string of the molecule is Cn1cc[n+](C)c1[BH2-][C@H]1CCOC1=O. The van der Waals surface area contributed by atoms with E-state index in [-0.39, 0.29) is 11.8 Å². The van der Waals surface area contributed by atoms with Crippen LogP contribution in [0, 0.1) is 0 Å². The van der Waals surface area contributed by atoms with E-state index >= 15 is 0 Å². The molecule has 4 nitrogen and oxygen atoms in total. The molecule has 0 N–H and O–H groups in total. The highest BCUT2D eigenvalue weighted by molar-refractivity contribution is 6.56. The van der Waals surface area contributed by atoms with Crippen LogP contribution in [0.15, 0.2) is 12.4 Å². The molecule has 1 aromatic rings. The number of rotatable bonds is 2. The molecule has 0 aliphatic carbocycles. The highest BCUT2D eigenvalue weighted by atomic mass is 16.5. The number of cyclic esters (lactones) is 1. The summed E-state index contributed by atoms with van der Waals surface area (Å²) in [5.74, 6) is 0.181. The van der Waals surface area contributed by atoms with Crippen molar-refractivity contribution in [3.8, 4) is 0 Å². The van der Waals surface area contributed by atoms with Crippen molar-refractivity contribution in [1.82, 2.24) is 4.57 Å². The van der Waals surface area contributed by atoms with Gasteiger partial charge in [-0.1, -0.05) is 5.82 Å². The van der Waals surface area contributed by atoms with Gasteiger partial charge in [0.15, 0.2) is 0 Å². The quantitative estimate of drug-likeness (QED) is 0.322. The Kier molecular flexibility index (Phi) is 2.31. The second-order valence-corrected chi connectivity index (χ2v) is 4.21. The van der Waals surface area contributed by atoms with E-state index < -0.39 is 7.28 Å². The van der Waals surface area contributed by atoms with Gasteiger partial charge in [0.2, 0.25) is 0 Å². The number of aromatic nitrogens is 2. The molecule has 14 heavy (non-hydrogen) atoms. The van der Waals surface area contributed by atoms with Crippen molar-refractivity contribution in [2.24, 2.45) is 14.1 Å². The second kappa shape index (κ2) is 3.48. The summed E-state index contributed by atoms with van der Waals surface area (Å²) in [5, 5.41) is 0. The molecule has 0 unspecified atom stereocenters. The number of carbonyl (C=O) groups excluding carboxylic acids is 1. The van der Waals surface area contributed by atoms with Gasteiger partial charge in [0, 0.05) is 0 Å². The molecule has 1 aromatic heterocycles. The summed E-state index contributed by atoms with van der Waals surface area (Å²) >= 11 is 0. The fourth-order valence-corrected chi connectivity index (χ4v) is 2.24. The Labute approximate surface area is 83.7 Å². The fourth-order valence-electron chi connectivity index (χ4n) is 2.24. The van der Waals surface area contributed by atoms with Crippen molar-refractivity contribution < 1.29 is 14.1 Å². The number of nitrogens with zero attached hydrogens (tertiary/aromatic N) is 2. The lowest BCUT2D eigenvalue weighted by Crippen LogP contribution is -2.51. The predicted octanol–water partition coefficient (Wildman–Crippen LogP) is -1.62. The van der Waals surface area contributed by atoms with E-state index in [1.807, 2.05) is 26.5 Å². The zero-order valence-electron chi connectivity index (χ0n) is 8.86. The molecule has 1 aliphatic rings. The molecular formula is C9H15BN2O2. The maximum atomic E-state index is 11.3. The molecule has 1 fully saturated rings. The van der Waals surface area contributed by atoms with Crippen LogP contribution in [0.25, 0.3) is 0 Å². The van der Waals surface area contributed by atoms with Gasteiger partial charge < -0.3 is 4.74 Å². The topological polar surface area (TPSA) is 35.1 Å². The zero-order valence-corrected chi connectivity index (χ0v) is 8.86. The van der Waals surface area contributed by atoms with E-state index in [0.717, 1.165) is 6.42 Å². The Morgan fingerprint density at radius 2 is 2.50 bits per heavy atom. The van der Waals surface area contributed by atoms with Crippen LogP contribution in [0.4, 0.5) is 0 Å². The normalized spacial score (nSPS) is 21.3. The van der Waals surface area contributed by atoms with Crippen LogP contribution in [0.2, 0.25) is 5.82 Å². The van der Waals surface area contributed by atoms with E-state index in [9.17, 15) is 4.79 Å². The molecule has 2 rings (SSSR count). The molecule has 0 radical (unpaired) electrons. The Morgan fingerprint density at radius 1 is 1.71 bits per heavy atom. The molecule has 76 valence electrons. The maximum Gasteiger partial charge on any atom is 0.273 e. The van der Waals surface area contributed by atoms with Gasteiger partial charge in [-0.05, 0) is 6.42 Å². The number of hydrogen-bond donors (Lipinski definition) is 0. The van der Waals surface area contributed by atoms with Gasteiger partial charge in [0.1, 0.15) is 19.7 Å². The van der Waals surface area contributed by atoms with Crippen molar-refractivity contribution in [2.75, 3.05) is 6.61 Å². The van der Waals surface area contributed by atoms with Crippen molar-refractivity contribution >= 4 is 19.0 Å². The van der Waals surface area contributed by atoms with E-state index in [0.29, 0.717) is 6.61 Å². The summed E-state index contributed by atoms with van der Waals surface area (Å²) in [7, 11) is 3.64. The highest BCUT2D eigenvalue weighted by Gasteiger charge is 2.24. The van der Waals surface area contributed by atoms with Crippen LogP contribution in [0.1, 0.15) is 6.42 Å². The molecular weight excluding hydrogens is 179 g/mol. The molecule has 0 aromatic carbocycles. The van der Waals surface area contributed by atoms with Crippen molar-refractivity contribution in [2.45, 2.75) is 12.2 Å². The molecule has 0 bridgehead atoms. The third kappa shape index (κ3) is 1.54. The molecule has 0 amide bonds. The Morgan fingerprint density at radius 3 is 3.00 bits per heavy atom. The van der Waals surface area contributed by atoms with Gasteiger partial charge in [-0.25, -0.2) is 0 Å². The van der Waals surface area contributed by atoms with E-state index in [4.69, 9.17) is 4.74 Å². The Balaban J connectivity index is 2.14. The number of hydrogen-bond acceptors (Lipinski definition) is 2. The number of carbonyl (C=O) groups is 1. The summed E-state index contributed by atoms with van der Waals surface area (Å²) < 4.78 is 9.17. The summed E-state index contributed by atoms with van der Waals surface area (Å²) in [6.45, 7) is 0.612. The second-order valence-electron chi connectivity index (χ2n) is 4.21. The highest BCUT2D eigenvalue weighted by Crippen LogP contribution is 2.18. The van der Waals surface area contributed by atoms with Crippen LogP contribution < -0.4 is 10.3 Å².